The Hall–Kier alpha value is -1.77. The molecule has 2 fully saturated rings. The first kappa shape index (κ1) is 15.1. The van der Waals surface area contributed by atoms with E-state index in [9.17, 15) is 4.79 Å². The van der Waals surface area contributed by atoms with Gasteiger partial charge in [0, 0.05) is 30.5 Å². The van der Waals surface area contributed by atoms with Crippen LogP contribution in [-0.2, 0) is 4.74 Å². The number of allylic oxidation sites excluding steroid dienone is 1. The third-order valence-electron chi connectivity index (χ3n) is 5.00. The minimum atomic E-state index is 0.160. The number of amides is 1. The molecule has 1 saturated carbocycles. The lowest BCUT2D eigenvalue weighted by molar-refractivity contribution is 0.0769. The van der Waals surface area contributed by atoms with Gasteiger partial charge in [0.05, 0.1) is 12.9 Å². The first-order valence-corrected chi connectivity index (χ1v) is 8.28. The van der Waals surface area contributed by atoms with Crippen molar-refractivity contribution in [2.75, 3.05) is 20.2 Å². The summed E-state index contributed by atoms with van der Waals surface area (Å²) in [5, 5.41) is 0. The smallest absolute Gasteiger partial charge is 0.253 e. The van der Waals surface area contributed by atoms with Crippen LogP contribution in [0, 0.1) is 11.3 Å². The van der Waals surface area contributed by atoms with E-state index >= 15 is 0 Å². The third kappa shape index (κ3) is 2.90. The Morgan fingerprint density at radius 3 is 2.86 bits per heavy atom. The van der Waals surface area contributed by atoms with E-state index in [1.54, 1.807) is 7.11 Å². The summed E-state index contributed by atoms with van der Waals surface area (Å²) in [6.07, 6.45) is 6.85. The number of fused-ring (bicyclic) bond motifs is 1. The summed E-state index contributed by atoms with van der Waals surface area (Å²) in [5.41, 5.74) is 0.977. The van der Waals surface area contributed by atoms with Gasteiger partial charge in [-0.3, -0.25) is 4.79 Å². The fourth-order valence-corrected chi connectivity index (χ4v) is 3.57. The van der Waals surface area contributed by atoms with Gasteiger partial charge in [0.25, 0.3) is 5.91 Å². The summed E-state index contributed by atoms with van der Waals surface area (Å²) in [5.74, 6) is 1.87. The standard InChI is InChI=1S/C19H25NO2/c1-3-4-10-17(22-2)12-19-11-16(19)13-20(14-19)18(21)15-8-6-5-7-9-15/h5-9,12,16H,3-4,10-11,13-14H2,1-2H3/b17-12-. The van der Waals surface area contributed by atoms with Crippen molar-refractivity contribution in [3.05, 3.63) is 47.7 Å². The maximum atomic E-state index is 12.6. The van der Waals surface area contributed by atoms with E-state index < -0.39 is 0 Å². The molecule has 1 aliphatic heterocycles. The Morgan fingerprint density at radius 1 is 1.41 bits per heavy atom. The molecule has 1 saturated heterocycles. The first-order chi connectivity index (χ1) is 10.7. The molecule has 1 heterocycles. The summed E-state index contributed by atoms with van der Waals surface area (Å²) >= 11 is 0. The van der Waals surface area contributed by atoms with Crippen molar-refractivity contribution in [2.24, 2.45) is 11.3 Å². The Labute approximate surface area is 133 Å². The summed E-state index contributed by atoms with van der Waals surface area (Å²) < 4.78 is 5.54. The van der Waals surface area contributed by atoms with E-state index in [-0.39, 0.29) is 11.3 Å². The van der Waals surface area contributed by atoms with Crippen molar-refractivity contribution in [2.45, 2.75) is 32.6 Å². The first-order valence-electron chi connectivity index (χ1n) is 8.28. The Kier molecular flexibility index (Phi) is 4.23. The van der Waals surface area contributed by atoms with Crippen LogP contribution in [0.4, 0.5) is 0 Å². The van der Waals surface area contributed by atoms with Gasteiger partial charge in [-0.25, -0.2) is 0 Å². The maximum absolute atomic E-state index is 12.6. The van der Waals surface area contributed by atoms with E-state index in [1.807, 2.05) is 35.2 Å². The number of carbonyl (C=O) groups excluding carboxylic acids is 1. The van der Waals surface area contributed by atoms with E-state index in [4.69, 9.17) is 4.74 Å². The molecule has 0 aromatic heterocycles. The van der Waals surface area contributed by atoms with Gasteiger partial charge in [-0.15, -0.1) is 0 Å². The predicted molar refractivity (Wildman–Crippen MR) is 87.5 cm³/mol. The molecule has 118 valence electrons. The average Bonchev–Trinajstić information content (AvgIpc) is 3.11. The second-order valence-corrected chi connectivity index (χ2v) is 6.60. The normalized spacial score (nSPS) is 26.7. The van der Waals surface area contributed by atoms with Crippen LogP contribution < -0.4 is 0 Å². The number of nitrogens with zero attached hydrogens (tertiary/aromatic N) is 1. The molecular weight excluding hydrogens is 274 g/mol. The summed E-state index contributed by atoms with van der Waals surface area (Å²) in [6.45, 7) is 3.92. The zero-order valence-corrected chi connectivity index (χ0v) is 13.5. The van der Waals surface area contributed by atoms with Crippen LogP contribution in [0.2, 0.25) is 0 Å². The number of piperidine rings is 1. The topological polar surface area (TPSA) is 29.5 Å². The zero-order valence-electron chi connectivity index (χ0n) is 13.5. The lowest BCUT2D eigenvalue weighted by atomic mass is 10.0. The highest BCUT2D eigenvalue weighted by molar-refractivity contribution is 5.94. The van der Waals surface area contributed by atoms with Crippen molar-refractivity contribution >= 4 is 5.91 Å². The minimum Gasteiger partial charge on any atom is -0.501 e. The highest BCUT2D eigenvalue weighted by atomic mass is 16.5. The quantitative estimate of drug-likeness (QED) is 0.746. The molecule has 0 bridgehead atoms. The Morgan fingerprint density at radius 2 is 2.18 bits per heavy atom. The lowest BCUT2D eigenvalue weighted by Gasteiger charge is -2.20. The van der Waals surface area contributed by atoms with Crippen LogP contribution in [-0.4, -0.2) is 31.0 Å². The van der Waals surface area contributed by atoms with Gasteiger partial charge in [-0.1, -0.05) is 31.5 Å². The van der Waals surface area contributed by atoms with Crippen LogP contribution in [0.1, 0.15) is 43.0 Å². The van der Waals surface area contributed by atoms with E-state index in [0.29, 0.717) is 5.92 Å². The zero-order chi connectivity index (χ0) is 15.6. The van der Waals surface area contributed by atoms with Crippen LogP contribution in [0.3, 0.4) is 0 Å². The van der Waals surface area contributed by atoms with Crippen molar-refractivity contribution in [1.29, 1.82) is 0 Å². The van der Waals surface area contributed by atoms with Crippen molar-refractivity contribution in [3.63, 3.8) is 0 Å². The van der Waals surface area contributed by atoms with E-state index in [2.05, 4.69) is 13.0 Å². The summed E-state index contributed by atoms with van der Waals surface area (Å²) in [7, 11) is 1.76. The molecular formula is C19H25NO2. The molecule has 0 radical (unpaired) electrons. The van der Waals surface area contributed by atoms with Crippen molar-refractivity contribution < 1.29 is 9.53 Å². The molecule has 22 heavy (non-hydrogen) atoms. The fourth-order valence-electron chi connectivity index (χ4n) is 3.57. The van der Waals surface area contributed by atoms with Crippen LogP contribution in [0.5, 0.6) is 0 Å². The number of hydrogen-bond acceptors (Lipinski definition) is 2. The molecule has 3 nitrogen and oxygen atoms in total. The lowest BCUT2D eigenvalue weighted by Crippen LogP contribution is -2.31. The molecule has 1 aromatic rings. The fraction of sp³-hybridized carbons (Fsp3) is 0.526. The van der Waals surface area contributed by atoms with Gasteiger partial charge in [0.1, 0.15) is 0 Å². The monoisotopic (exact) mass is 299 g/mol. The van der Waals surface area contributed by atoms with Gasteiger partial charge in [-0.2, -0.15) is 0 Å². The second kappa shape index (κ2) is 6.15. The highest BCUT2D eigenvalue weighted by Crippen LogP contribution is 2.59. The Balaban J connectivity index is 1.67. The molecule has 1 aliphatic carbocycles. The van der Waals surface area contributed by atoms with Crippen molar-refractivity contribution in [1.82, 2.24) is 4.90 Å². The molecule has 1 aromatic carbocycles. The van der Waals surface area contributed by atoms with Crippen LogP contribution in [0.25, 0.3) is 0 Å². The number of methoxy groups -OCH3 is 1. The van der Waals surface area contributed by atoms with E-state index in [1.165, 1.54) is 12.8 Å². The maximum Gasteiger partial charge on any atom is 0.253 e. The van der Waals surface area contributed by atoms with Crippen LogP contribution >= 0.6 is 0 Å². The largest absolute Gasteiger partial charge is 0.501 e. The van der Waals surface area contributed by atoms with Gasteiger partial charge in [-0.05, 0) is 37.0 Å². The Bertz CT molecular complexity index is 566. The number of ether oxygens (including phenoxy) is 1. The van der Waals surface area contributed by atoms with Gasteiger partial charge in [0.2, 0.25) is 0 Å². The number of likely N-dealkylation sites (tertiary alicyclic amines) is 1. The van der Waals surface area contributed by atoms with E-state index in [0.717, 1.165) is 37.3 Å². The SMILES string of the molecule is CCCC/C(=C/C12CC1CN(C(=O)c1ccccc1)C2)OC. The molecule has 2 unspecified atom stereocenters. The predicted octanol–water partition coefficient (Wildman–Crippen LogP) is 3.87. The van der Waals surface area contributed by atoms with Gasteiger partial charge in [0.15, 0.2) is 0 Å². The highest BCUT2D eigenvalue weighted by Gasteiger charge is 2.59. The van der Waals surface area contributed by atoms with Crippen LogP contribution in [0.15, 0.2) is 42.2 Å². The minimum absolute atomic E-state index is 0.160. The number of benzene rings is 1. The van der Waals surface area contributed by atoms with Gasteiger partial charge < -0.3 is 9.64 Å². The molecule has 3 rings (SSSR count). The molecule has 0 spiro atoms. The molecule has 3 heteroatoms. The summed E-state index contributed by atoms with van der Waals surface area (Å²) in [6, 6.07) is 9.59. The van der Waals surface area contributed by atoms with Crippen molar-refractivity contribution in [3.8, 4) is 0 Å². The molecule has 1 amide bonds. The molecule has 0 N–H and O–H groups in total. The number of unbranched alkanes of at least 4 members (excludes halogenated alkanes) is 1. The third-order valence-corrected chi connectivity index (χ3v) is 5.00. The number of hydrogen-bond donors (Lipinski definition) is 0. The van der Waals surface area contributed by atoms with Gasteiger partial charge >= 0.3 is 0 Å². The average molecular weight is 299 g/mol. The summed E-state index contributed by atoms with van der Waals surface area (Å²) in [4.78, 5) is 14.6. The number of rotatable bonds is 6. The number of carbonyl (C=O) groups is 1. The molecule has 2 aliphatic rings. The molecule has 2 atom stereocenters. The second-order valence-electron chi connectivity index (χ2n) is 6.60.